The molecule has 1 aliphatic rings. The molecular formula is C7H15F. The normalized spacial score (nSPS) is 27.8. The van der Waals surface area contributed by atoms with E-state index in [2.05, 4.69) is 0 Å². The quantitative estimate of drug-likeness (QED) is 0.458. The fourth-order valence-electron chi connectivity index (χ4n) is 1.29. The highest BCUT2D eigenvalue weighted by Crippen LogP contribution is 2.30. The Bertz CT molecular complexity index is 73.0. The first-order valence-electron chi connectivity index (χ1n) is 3.40. The van der Waals surface area contributed by atoms with Crippen molar-refractivity contribution < 1.29 is 5.82 Å². The number of hydrogen-bond acceptors (Lipinski definition) is 0. The van der Waals surface area contributed by atoms with Gasteiger partial charge in [-0.2, -0.15) is 0 Å². The van der Waals surface area contributed by atoms with Crippen LogP contribution in [0.3, 0.4) is 0 Å². The summed E-state index contributed by atoms with van der Waals surface area (Å²) < 4.78 is 12.9. The van der Waals surface area contributed by atoms with Crippen molar-refractivity contribution in [1.29, 1.82) is 0 Å². The fourth-order valence-corrected chi connectivity index (χ4v) is 1.29. The zero-order valence-corrected chi connectivity index (χ0v) is 5.41. The average molecular weight is 118 g/mol. The summed E-state index contributed by atoms with van der Waals surface area (Å²) in [5, 5.41) is 0. The van der Waals surface area contributed by atoms with Crippen molar-refractivity contribution in [2.24, 2.45) is 0 Å². The van der Waals surface area contributed by atoms with Crippen molar-refractivity contribution >= 4 is 0 Å². The summed E-state index contributed by atoms with van der Waals surface area (Å²) in [7, 11) is 0. The highest BCUT2D eigenvalue weighted by atomic mass is 19.1. The molecule has 1 aliphatic carbocycles. The van der Waals surface area contributed by atoms with Gasteiger partial charge in [0.25, 0.3) is 0 Å². The van der Waals surface area contributed by atoms with E-state index in [9.17, 15) is 4.39 Å². The molecule has 0 N–H and O–H groups in total. The summed E-state index contributed by atoms with van der Waals surface area (Å²) in [5.74, 6) is 0. The molecule has 0 aliphatic heterocycles. The van der Waals surface area contributed by atoms with Gasteiger partial charge >= 0.3 is 0 Å². The van der Waals surface area contributed by atoms with Crippen LogP contribution in [0.1, 0.15) is 40.5 Å². The summed E-state index contributed by atoms with van der Waals surface area (Å²) in [5.41, 5.74) is -0.821. The average Bonchev–Trinajstić information content (AvgIpc) is 1.65. The van der Waals surface area contributed by atoms with Gasteiger partial charge in [-0.1, -0.05) is 19.3 Å². The van der Waals surface area contributed by atoms with Crippen LogP contribution in [0, 0.1) is 0 Å². The van der Waals surface area contributed by atoms with Gasteiger partial charge in [-0.15, -0.1) is 0 Å². The van der Waals surface area contributed by atoms with Gasteiger partial charge < -0.3 is 0 Å². The third kappa shape index (κ3) is 1.46. The van der Waals surface area contributed by atoms with E-state index in [1.807, 2.05) is 0 Å². The molecule has 0 saturated heterocycles. The molecule has 0 bridgehead atoms. The van der Waals surface area contributed by atoms with Gasteiger partial charge in [-0.25, -0.2) is 4.39 Å². The Hall–Kier alpha value is -0.0700. The van der Waals surface area contributed by atoms with Gasteiger partial charge in [0.05, 0.1) is 0 Å². The molecule has 0 nitrogen and oxygen atoms in total. The van der Waals surface area contributed by atoms with Crippen molar-refractivity contribution in [1.82, 2.24) is 0 Å². The third-order valence-electron chi connectivity index (χ3n) is 1.90. The molecule has 0 spiro atoms. The lowest BCUT2D eigenvalue weighted by atomic mass is 9.88. The molecule has 0 aromatic heterocycles. The molecule has 1 fully saturated rings. The highest BCUT2D eigenvalue weighted by molar-refractivity contribution is 4.76. The van der Waals surface area contributed by atoms with Gasteiger partial charge in [-0.05, 0) is 19.8 Å². The number of rotatable bonds is 0. The monoisotopic (exact) mass is 118 g/mol. The molecule has 8 heavy (non-hydrogen) atoms. The molecule has 0 aromatic carbocycles. The molecule has 0 unspecified atom stereocenters. The van der Waals surface area contributed by atoms with Crippen LogP contribution in [0.15, 0.2) is 0 Å². The van der Waals surface area contributed by atoms with Crippen LogP contribution in [0.5, 0.6) is 0 Å². The summed E-state index contributed by atoms with van der Waals surface area (Å²) in [6, 6.07) is 0. The molecule has 0 amide bonds. The SMILES string of the molecule is CC1(F)CCCCC1.[HH]. The Kier molecular flexibility index (Phi) is 1.54. The summed E-state index contributed by atoms with van der Waals surface area (Å²) in [6.45, 7) is 1.71. The van der Waals surface area contributed by atoms with Crippen LogP contribution in [0.25, 0.3) is 0 Å². The molecule has 0 aromatic rings. The topological polar surface area (TPSA) is 0 Å². The summed E-state index contributed by atoms with van der Waals surface area (Å²) in [4.78, 5) is 0. The molecule has 1 rings (SSSR count). The van der Waals surface area contributed by atoms with Crippen LogP contribution in [-0.4, -0.2) is 5.67 Å². The minimum Gasteiger partial charge on any atom is -0.244 e. The van der Waals surface area contributed by atoms with Crippen LogP contribution in [0.4, 0.5) is 4.39 Å². The minimum atomic E-state index is -0.821. The predicted octanol–water partition coefficient (Wildman–Crippen LogP) is 2.92. The Labute approximate surface area is 51.6 Å². The maximum atomic E-state index is 12.9. The second-order valence-electron chi connectivity index (χ2n) is 2.97. The van der Waals surface area contributed by atoms with Crippen molar-refractivity contribution in [3.63, 3.8) is 0 Å². The highest BCUT2D eigenvalue weighted by Gasteiger charge is 2.24. The fraction of sp³-hybridized carbons (Fsp3) is 1.00. The van der Waals surface area contributed by atoms with E-state index >= 15 is 0 Å². The van der Waals surface area contributed by atoms with Crippen molar-refractivity contribution in [3.05, 3.63) is 0 Å². The molecular weight excluding hydrogens is 103 g/mol. The molecule has 1 saturated carbocycles. The lowest BCUT2D eigenvalue weighted by Crippen LogP contribution is -2.20. The standard InChI is InChI=1S/C7H13F.H2/c1-7(8)5-3-2-4-6-7;/h2-6H2,1H3;1H. The van der Waals surface area contributed by atoms with Gasteiger partial charge in [-0.3, -0.25) is 0 Å². The van der Waals surface area contributed by atoms with Gasteiger partial charge in [0.2, 0.25) is 0 Å². The first-order chi connectivity index (χ1) is 3.71. The zero-order chi connectivity index (χ0) is 6.04. The first kappa shape index (κ1) is 6.06. The van der Waals surface area contributed by atoms with Gasteiger partial charge in [0, 0.05) is 1.43 Å². The van der Waals surface area contributed by atoms with E-state index in [1.165, 1.54) is 6.42 Å². The second-order valence-corrected chi connectivity index (χ2v) is 2.97. The summed E-state index contributed by atoms with van der Waals surface area (Å²) in [6.07, 6.45) is 4.99. The van der Waals surface area contributed by atoms with Gasteiger partial charge in [0.1, 0.15) is 5.67 Å². The van der Waals surface area contributed by atoms with Crippen molar-refractivity contribution in [2.45, 2.75) is 44.7 Å². The molecule has 0 heterocycles. The van der Waals surface area contributed by atoms with Crippen LogP contribution < -0.4 is 0 Å². The van der Waals surface area contributed by atoms with E-state index in [-0.39, 0.29) is 1.43 Å². The lowest BCUT2D eigenvalue weighted by Gasteiger charge is -2.24. The first-order valence-corrected chi connectivity index (χ1v) is 3.40. The lowest BCUT2D eigenvalue weighted by molar-refractivity contribution is 0.130. The predicted molar refractivity (Wildman–Crippen MR) is 34.7 cm³/mol. The maximum Gasteiger partial charge on any atom is 0.108 e. The third-order valence-corrected chi connectivity index (χ3v) is 1.90. The van der Waals surface area contributed by atoms with Crippen molar-refractivity contribution in [3.8, 4) is 0 Å². The minimum absolute atomic E-state index is 0. The number of halogens is 1. The molecule has 0 radical (unpaired) electrons. The van der Waals surface area contributed by atoms with E-state index in [4.69, 9.17) is 0 Å². The van der Waals surface area contributed by atoms with Gasteiger partial charge in [0.15, 0.2) is 0 Å². The van der Waals surface area contributed by atoms with Crippen LogP contribution >= 0.6 is 0 Å². The van der Waals surface area contributed by atoms with Crippen LogP contribution in [-0.2, 0) is 0 Å². The molecule has 1 heteroatoms. The Morgan fingerprint density at radius 1 is 1.25 bits per heavy atom. The Morgan fingerprint density at radius 3 is 2.00 bits per heavy atom. The zero-order valence-electron chi connectivity index (χ0n) is 5.41. The maximum absolute atomic E-state index is 12.9. The van der Waals surface area contributed by atoms with E-state index in [1.54, 1.807) is 6.92 Å². The smallest absolute Gasteiger partial charge is 0.108 e. The largest absolute Gasteiger partial charge is 0.244 e. The Morgan fingerprint density at radius 2 is 1.75 bits per heavy atom. The van der Waals surface area contributed by atoms with E-state index < -0.39 is 5.67 Å². The van der Waals surface area contributed by atoms with Crippen LogP contribution in [0.2, 0.25) is 0 Å². The number of hydrogen-bond donors (Lipinski definition) is 0. The van der Waals surface area contributed by atoms with Crippen molar-refractivity contribution in [2.75, 3.05) is 0 Å². The molecule has 50 valence electrons. The Balaban J connectivity index is 0.000000640. The number of alkyl halides is 1. The second kappa shape index (κ2) is 2.04. The van der Waals surface area contributed by atoms with E-state index in [0.717, 1.165) is 25.7 Å². The summed E-state index contributed by atoms with van der Waals surface area (Å²) >= 11 is 0. The van der Waals surface area contributed by atoms with E-state index in [0.29, 0.717) is 0 Å². The molecule has 0 atom stereocenters.